The highest BCUT2D eigenvalue weighted by atomic mass is 16.4. The first kappa shape index (κ1) is 18.4. The molecule has 84 valence electrons. The molecule has 0 atom stereocenters. The van der Waals surface area contributed by atoms with Crippen molar-refractivity contribution in [1.29, 1.82) is 0 Å². The third-order valence-corrected chi connectivity index (χ3v) is 0.355. The number of quaternary nitrogens is 2. The zero-order chi connectivity index (χ0) is 12.0. The number of hydrogen-bond acceptors (Lipinski definition) is 4. The zero-order valence-electron chi connectivity index (χ0n) is 8.94. The maximum Gasteiger partial charge on any atom is 0.0647 e. The lowest BCUT2D eigenvalue weighted by molar-refractivity contribution is -0.597. The summed E-state index contributed by atoms with van der Waals surface area (Å²) in [7, 11) is 8.00. The van der Waals surface area contributed by atoms with Gasteiger partial charge in [-0.3, -0.25) is 0 Å². The summed E-state index contributed by atoms with van der Waals surface area (Å²) < 4.78 is 0. The van der Waals surface area contributed by atoms with Crippen LogP contribution in [0.5, 0.6) is 0 Å². The van der Waals surface area contributed by atoms with Crippen molar-refractivity contribution in [3.8, 4) is 0 Å². The average Bonchev–Trinajstić information content (AvgIpc) is 2.04. The van der Waals surface area contributed by atoms with Gasteiger partial charge in [0.05, 0.1) is 40.1 Å². The first-order valence-electron chi connectivity index (χ1n) is 4.04. The van der Waals surface area contributed by atoms with E-state index in [4.69, 9.17) is 0 Å². The van der Waals surface area contributed by atoms with E-state index < -0.39 is 11.9 Å². The van der Waals surface area contributed by atoms with Crippen LogP contribution >= 0.6 is 0 Å². The van der Waals surface area contributed by atoms with Crippen LogP contribution < -0.4 is 20.8 Å². The predicted octanol–water partition coefficient (Wildman–Crippen LogP) is -5.34. The van der Waals surface area contributed by atoms with Gasteiger partial charge in [0.25, 0.3) is 0 Å². The Morgan fingerprint density at radius 2 is 1.00 bits per heavy atom. The molecule has 0 rings (SSSR count). The normalized spacial score (nSPS) is 8.00. The molecule has 0 spiro atoms. The Morgan fingerprint density at radius 3 is 1.07 bits per heavy atom. The summed E-state index contributed by atoms with van der Waals surface area (Å²) in [6.07, 6.45) is 0.769. The summed E-state index contributed by atoms with van der Waals surface area (Å²) in [5.41, 5.74) is 0. The summed E-state index contributed by atoms with van der Waals surface area (Å²) in [5.74, 6) is -3.09. The quantitative estimate of drug-likeness (QED) is 0.439. The molecule has 0 fully saturated rings. The van der Waals surface area contributed by atoms with E-state index in [1.54, 1.807) is 0 Å². The number of aliphatic carboxylic acids is 2. The van der Waals surface area contributed by atoms with Gasteiger partial charge in [0.1, 0.15) is 0 Å². The fourth-order valence-electron chi connectivity index (χ4n) is 0.136. The molecule has 6 heteroatoms. The van der Waals surface area contributed by atoms with Gasteiger partial charge in [-0.05, 0) is 12.2 Å². The Labute approximate surface area is 83.6 Å². The van der Waals surface area contributed by atoms with Crippen LogP contribution in [-0.4, -0.2) is 40.1 Å². The monoisotopic (exact) mass is 206 g/mol. The summed E-state index contributed by atoms with van der Waals surface area (Å²) >= 11 is 0. The molecule has 14 heavy (non-hydrogen) atoms. The molecule has 0 aliphatic heterocycles. The SMILES string of the molecule is C[NH2+]C.C[NH2+]C.O=C([O-])/C=C/C(=O)[O-]. The fraction of sp³-hybridized carbons (Fsp3) is 0.500. The average molecular weight is 206 g/mol. The summed E-state index contributed by atoms with van der Waals surface area (Å²) in [6.45, 7) is 0. The molecule has 4 N–H and O–H groups in total. The number of carbonyl (C=O) groups excluding carboxylic acids is 2. The molecule has 0 aromatic carbocycles. The van der Waals surface area contributed by atoms with Crippen molar-refractivity contribution >= 4 is 11.9 Å². The maximum absolute atomic E-state index is 9.41. The lowest BCUT2D eigenvalue weighted by atomic mass is 10.5. The van der Waals surface area contributed by atoms with Crippen molar-refractivity contribution in [2.24, 2.45) is 0 Å². The van der Waals surface area contributed by atoms with Gasteiger partial charge in [-0.25, -0.2) is 0 Å². The second-order valence-corrected chi connectivity index (χ2v) is 2.13. The first-order valence-corrected chi connectivity index (χ1v) is 4.04. The van der Waals surface area contributed by atoms with Crippen LogP contribution in [0.4, 0.5) is 0 Å². The van der Waals surface area contributed by atoms with E-state index in [-0.39, 0.29) is 0 Å². The first-order chi connectivity index (χ1) is 6.45. The minimum atomic E-state index is -1.55. The molecule has 0 unspecified atom stereocenters. The van der Waals surface area contributed by atoms with Gasteiger partial charge in [0.2, 0.25) is 0 Å². The molecule has 0 amide bonds. The molecule has 0 aliphatic rings. The number of hydrogen-bond donors (Lipinski definition) is 2. The van der Waals surface area contributed by atoms with Crippen molar-refractivity contribution in [2.75, 3.05) is 28.2 Å². The zero-order valence-corrected chi connectivity index (χ0v) is 8.94. The van der Waals surface area contributed by atoms with Crippen molar-refractivity contribution < 1.29 is 30.4 Å². The highest BCUT2D eigenvalue weighted by molar-refractivity contribution is 5.87. The van der Waals surface area contributed by atoms with Crippen molar-refractivity contribution in [3.05, 3.63) is 12.2 Å². The number of carbonyl (C=O) groups is 2. The van der Waals surface area contributed by atoms with Gasteiger partial charge >= 0.3 is 0 Å². The largest absolute Gasteiger partial charge is 0.545 e. The molecular formula is C8H18N2O4. The predicted molar refractivity (Wildman–Crippen MR) is 46.7 cm³/mol. The Bertz CT molecular complexity index is 151. The third-order valence-electron chi connectivity index (χ3n) is 0.355. The molecule has 0 radical (unpaired) electrons. The van der Waals surface area contributed by atoms with Gasteiger partial charge in [0, 0.05) is 0 Å². The Balaban J connectivity index is -0.000000168. The highest BCUT2D eigenvalue weighted by Gasteiger charge is 1.71. The smallest absolute Gasteiger partial charge is 0.0647 e. The van der Waals surface area contributed by atoms with Crippen molar-refractivity contribution in [2.45, 2.75) is 0 Å². The second-order valence-electron chi connectivity index (χ2n) is 2.13. The van der Waals surface area contributed by atoms with E-state index in [0.717, 1.165) is 0 Å². The molecular weight excluding hydrogens is 188 g/mol. The van der Waals surface area contributed by atoms with Gasteiger partial charge in [-0.2, -0.15) is 0 Å². The third kappa shape index (κ3) is 75.4. The van der Waals surface area contributed by atoms with Crippen LogP contribution in [0.3, 0.4) is 0 Å². The molecule has 6 nitrogen and oxygen atoms in total. The summed E-state index contributed by atoms with van der Waals surface area (Å²) in [4.78, 5) is 18.8. The lowest BCUT2D eigenvalue weighted by Gasteiger charge is -1.90. The van der Waals surface area contributed by atoms with E-state index in [9.17, 15) is 19.8 Å². The number of carboxylic acids is 2. The van der Waals surface area contributed by atoms with E-state index in [1.165, 1.54) is 0 Å². The minimum Gasteiger partial charge on any atom is -0.545 e. The molecule has 0 aromatic rings. The van der Waals surface area contributed by atoms with Crippen molar-refractivity contribution in [3.63, 3.8) is 0 Å². The van der Waals surface area contributed by atoms with E-state index in [2.05, 4.69) is 0 Å². The summed E-state index contributed by atoms with van der Waals surface area (Å²) in [6, 6.07) is 0. The second kappa shape index (κ2) is 17.6. The minimum absolute atomic E-state index is 0.384. The van der Waals surface area contributed by atoms with Gasteiger partial charge in [0.15, 0.2) is 0 Å². The van der Waals surface area contributed by atoms with Crippen LogP contribution in [0.25, 0.3) is 0 Å². The number of rotatable bonds is 2. The van der Waals surface area contributed by atoms with E-state index in [0.29, 0.717) is 12.2 Å². The highest BCUT2D eigenvalue weighted by Crippen LogP contribution is 1.64. The van der Waals surface area contributed by atoms with Crippen molar-refractivity contribution in [1.82, 2.24) is 0 Å². The van der Waals surface area contributed by atoms with Crippen LogP contribution in [0.2, 0.25) is 0 Å². The molecule has 0 saturated carbocycles. The van der Waals surface area contributed by atoms with E-state index in [1.807, 2.05) is 38.8 Å². The van der Waals surface area contributed by atoms with Gasteiger partial charge in [-0.15, -0.1) is 0 Å². The topological polar surface area (TPSA) is 113 Å². The standard InChI is InChI=1S/C4H4O4.2C2H7N/c5-3(6)1-2-4(7)8;2*1-3-2/h1-2H,(H,5,6)(H,7,8);2*3H,1-2H3/b2-1+;;. The number of nitrogens with two attached hydrogens (primary N) is 2. The molecule has 0 saturated heterocycles. The lowest BCUT2D eigenvalue weighted by Crippen LogP contribution is -2.74. The Kier molecular flexibility index (Phi) is 23.2. The van der Waals surface area contributed by atoms with Crippen LogP contribution in [0.15, 0.2) is 12.2 Å². The number of carboxylic acid groups (broad SMARTS) is 2. The van der Waals surface area contributed by atoms with Crippen LogP contribution in [0.1, 0.15) is 0 Å². The van der Waals surface area contributed by atoms with Crippen LogP contribution in [-0.2, 0) is 9.59 Å². The van der Waals surface area contributed by atoms with Gasteiger partial charge in [-0.1, -0.05) is 0 Å². The molecule has 0 aromatic heterocycles. The Morgan fingerprint density at radius 1 is 0.857 bits per heavy atom. The summed E-state index contributed by atoms with van der Waals surface area (Å²) in [5, 5.41) is 22.8. The maximum atomic E-state index is 9.41. The molecule has 0 heterocycles. The Hall–Kier alpha value is -1.40. The van der Waals surface area contributed by atoms with E-state index >= 15 is 0 Å². The fourth-order valence-corrected chi connectivity index (χ4v) is 0.136. The molecule has 0 bridgehead atoms. The van der Waals surface area contributed by atoms with Crippen LogP contribution in [0, 0.1) is 0 Å². The van der Waals surface area contributed by atoms with Gasteiger partial charge < -0.3 is 30.4 Å². The molecule has 0 aliphatic carbocycles.